The van der Waals surface area contributed by atoms with Crippen molar-refractivity contribution in [2.45, 2.75) is 25.4 Å². The lowest BCUT2D eigenvalue weighted by Crippen LogP contribution is -2.44. The minimum atomic E-state index is -1.26. The van der Waals surface area contributed by atoms with Crippen molar-refractivity contribution < 1.29 is 27.8 Å². The molecule has 2 heterocycles. The maximum atomic E-state index is 15.3. The molecule has 1 N–H and O–H groups in total. The smallest absolute Gasteiger partial charge is 0.308 e. The number of ether oxygens (including phenoxy) is 1. The lowest BCUT2D eigenvalue weighted by molar-refractivity contribution is -0.146. The lowest BCUT2D eigenvalue weighted by atomic mass is 9.81. The number of fused-ring (bicyclic) bond motifs is 1. The Hall–Kier alpha value is -3.57. The number of benzene rings is 2. The van der Waals surface area contributed by atoms with Crippen molar-refractivity contribution in [3.8, 4) is 17.6 Å². The highest BCUT2D eigenvalue weighted by atomic mass is 19.1. The van der Waals surface area contributed by atoms with Gasteiger partial charge in [0.25, 0.3) is 0 Å². The van der Waals surface area contributed by atoms with E-state index in [2.05, 4.69) is 16.8 Å². The molecule has 3 aromatic rings. The quantitative estimate of drug-likeness (QED) is 0.445. The first kappa shape index (κ1) is 25.5. The molecule has 0 aliphatic carbocycles. The van der Waals surface area contributed by atoms with Crippen LogP contribution in [0.25, 0.3) is 10.9 Å². The lowest BCUT2D eigenvalue weighted by Gasteiger charge is -2.35. The van der Waals surface area contributed by atoms with E-state index in [1.54, 1.807) is 37.6 Å². The number of piperidine rings is 1. The van der Waals surface area contributed by atoms with Crippen LogP contribution in [0.1, 0.15) is 36.6 Å². The van der Waals surface area contributed by atoms with Crippen LogP contribution in [-0.4, -0.2) is 47.7 Å². The van der Waals surface area contributed by atoms with E-state index >= 15 is 4.39 Å². The number of alkyl halides is 1. The summed E-state index contributed by atoms with van der Waals surface area (Å²) in [6.45, 7) is 1.19. The predicted molar refractivity (Wildman–Crippen MR) is 130 cm³/mol. The monoisotopic (exact) mass is 496 g/mol. The van der Waals surface area contributed by atoms with Crippen LogP contribution in [0.5, 0.6) is 5.75 Å². The number of halogens is 3. The molecule has 0 amide bonds. The summed E-state index contributed by atoms with van der Waals surface area (Å²) in [6, 6.07) is 10.1. The van der Waals surface area contributed by atoms with Gasteiger partial charge in [-0.15, -0.1) is 0 Å². The van der Waals surface area contributed by atoms with Gasteiger partial charge < -0.3 is 9.84 Å². The molecule has 1 aliphatic rings. The fourth-order valence-electron chi connectivity index (χ4n) is 4.78. The van der Waals surface area contributed by atoms with Gasteiger partial charge in [0.05, 0.1) is 25.1 Å². The Bertz CT molecular complexity index is 1280. The number of hydrogen-bond donors (Lipinski definition) is 1. The van der Waals surface area contributed by atoms with E-state index in [9.17, 15) is 18.7 Å². The largest absolute Gasteiger partial charge is 0.497 e. The summed E-state index contributed by atoms with van der Waals surface area (Å²) in [5.74, 6) is 3.10. The number of aromatic nitrogens is 1. The second-order valence-electron chi connectivity index (χ2n) is 9.02. The summed E-state index contributed by atoms with van der Waals surface area (Å²) in [4.78, 5) is 18.2. The molecule has 0 unspecified atom stereocenters. The fourth-order valence-corrected chi connectivity index (χ4v) is 4.78. The van der Waals surface area contributed by atoms with Crippen LogP contribution < -0.4 is 4.74 Å². The van der Waals surface area contributed by atoms with Gasteiger partial charge >= 0.3 is 5.97 Å². The number of nitrogens with zero attached hydrogens (tertiary/aromatic N) is 2. The van der Waals surface area contributed by atoms with E-state index in [1.165, 1.54) is 0 Å². The molecule has 8 heteroatoms. The third-order valence-corrected chi connectivity index (χ3v) is 6.67. The Labute approximate surface area is 207 Å². The van der Waals surface area contributed by atoms with Crippen molar-refractivity contribution in [1.29, 1.82) is 0 Å². The molecule has 1 aromatic heterocycles. The summed E-state index contributed by atoms with van der Waals surface area (Å²) in [7, 11) is 1.55. The fraction of sp³-hybridized carbons (Fsp3) is 0.357. The molecule has 3 atom stereocenters. The molecule has 188 valence electrons. The van der Waals surface area contributed by atoms with Crippen LogP contribution in [0.15, 0.2) is 48.7 Å². The zero-order chi connectivity index (χ0) is 25.7. The Morgan fingerprint density at radius 3 is 2.72 bits per heavy atom. The average molecular weight is 497 g/mol. The number of carbonyl (C=O) groups is 1. The Morgan fingerprint density at radius 1 is 1.22 bits per heavy atom. The molecule has 1 aliphatic heterocycles. The highest BCUT2D eigenvalue weighted by Gasteiger charge is 2.34. The zero-order valence-electron chi connectivity index (χ0n) is 19.9. The highest BCUT2D eigenvalue weighted by molar-refractivity contribution is 5.83. The van der Waals surface area contributed by atoms with Gasteiger partial charge in [0.1, 0.15) is 23.6 Å². The number of methoxy groups -OCH3 is 1. The van der Waals surface area contributed by atoms with Gasteiger partial charge in [-0.2, -0.15) is 0 Å². The molecule has 2 aromatic carbocycles. The minimum Gasteiger partial charge on any atom is -0.497 e. The van der Waals surface area contributed by atoms with Crippen LogP contribution in [0.3, 0.4) is 0 Å². The number of pyridine rings is 1. The molecule has 5 nitrogen and oxygen atoms in total. The molecule has 0 bridgehead atoms. The number of rotatable bonds is 7. The molecule has 4 rings (SSSR count). The number of carboxylic acid groups (broad SMARTS) is 1. The first-order chi connectivity index (χ1) is 17.3. The molecule has 0 spiro atoms. The molecule has 0 saturated carbocycles. The molecule has 0 radical (unpaired) electrons. The van der Waals surface area contributed by atoms with Gasteiger partial charge in [0.2, 0.25) is 0 Å². The van der Waals surface area contributed by atoms with E-state index in [1.807, 2.05) is 4.90 Å². The van der Waals surface area contributed by atoms with Crippen molar-refractivity contribution in [3.05, 3.63) is 71.4 Å². The topological polar surface area (TPSA) is 62.7 Å². The van der Waals surface area contributed by atoms with E-state index < -0.39 is 29.7 Å². The molecule has 36 heavy (non-hydrogen) atoms. The Kier molecular flexibility index (Phi) is 8.11. The summed E-state index contributed by atoms with van der Waals surface area (Å²) in [5.41, 5.74) is 1.43. The number of aliphatic carboxylic acids is 1. The Morgan fingerprint density at radius 2 is 2.00 bits per heavy atom. The van der Waals surface area contributed by atoms with Crippen LogP contribution in [0.2, 0.25) is 0 Å². The highest BCUT2D eigenvalue weighted by Crippen LogP contribution is 2.35. The Balaban J connectivity index is 1.38. The number of carboxylic acids is 1. The average Bonchev–Trinajstić information content (AvgIpc) is 2.86. The predicted octanol–water partition coefficient (Wildman–Crippen LogP) is 5.39. The van der Waals surface area contributed by atoms with Crippen molar-refractivity contribution in [1.82, 2.24) is 9.88 Å². The summed E-state index contributed by atoms with van der Waals surface area (Å²) < 4.78 is 47.3. The standard InChI is InChI=1S/C28H27F3N2O3/c1-36-22-5-7-27-24(16-22)23(8-10-32-27)26(31)6-4-19-9-12-33(17-25(19)28(34)35)11-2-3-18-13-20(29)15-21(30)14-18/h5,7-8,10,13-16,19,25-26H,4,6,9,11-12,17H2,1H3,(H,34,35)/t19-,25+,26-/m1/s1. The SMILES string of the molecule is COc1ccc2nccc([C@H](F)CC[C@@H]3CCN(CC#Cc4cc(F)cc(F)c4)C[C@@H]3C(=O)O)c2c1. The second kappa shape index (κ2) is 11.4. The van der Waals surface area contributed by atoms with E-state index in [4.69, 9.17) is 4.74 Å². The number of likely N-dealkylation sites (tertiary alicyclic amines) is 1. The summed E-state index contributed by atoms with van der Waals surface area (Å²) >= 11 is 0. The molecular formula is C28H27F3N2O3. The van der Waals surface area contributed by atoms with Gasteiger partial charge in [-0.05, 0) is 73.7 Å². The van der Waals surface area contributed by atoms with Gasteiger partial charge in [-0.3, -0.25) is 14.7 Å². The summed E-state index contributed by atoms with van der Waals surface area (Å²) in [5, 5.41) is 10.5. The van der Waals surface area contributed by atoms with E-state index in [0.717, 1.165) is 18.2 Å². The molecule has 1 saturated heterocycles. The minimum absolute atomic E-state index is 0.162. The maximum absolute atomic E-state index is 15.3. The third kappa shape index (κ3) is 6.16. The third-order valence-electron chi connectivity index (χ3n) is 6.67. The second-order valence-corrected chi connectivity index (χ2v) is 9.02. The van der Waals surface area contributed by atoms with Crippen LogP contribution in [0.4, 0.5) is 13.2 Å². The first-order valence-electron chi connectivity index (χ1n) is 11.8. The van der Waals surface area contributed by atoms with Gasteiger partial charge in [-0.25, -0.2) is 13.2 Å². The zero-order valence-corrected chi connectivity index (χ0v) is 19.9. The first-order valence-corrected chi connectivity index (χ1v) is 11.8. The van der Waals surface area contributed by atoms with Crippen molar-refractivity contribution >= 4 is 16.9 Å². The van der Waals surface area contributed by atoms with Crippen LogP contribution in [-0.2, 0) is 4.79 Å². The van der Waals surface area contributed by atoms with Crippen molar-refractivity contribution in [3.63, 3.8) is 0 Å². The van der Waals surface area contributed by atoms with E-state index in [0.29, 0.717) is 48.1 Å². The van der Waals surface area contributed by atoms with Crippen molar-refractivity contribution in [2.24, 2.45) is 11.8 Å². The van der Waals surface area contributed by atoms with Gasteiger partial charge in [-0.1, -0.05) is 11.8 Å². The maximum Gasteiger partial charge on any atom is 0.308 e. The number of hydrogen-bond acceptors (Lipinski definition) is 4. The van der Waals surface area contributed by atoms with Gasteiger partial charge in [0, 0.05) is 29.8 Å². The van der Waals surface area contributed by atoms with E-state index in [-0.39, 0.29) is 24.4 Å². The van der Waals surface area contributed by atoms with Crippen LogP contribution in [0, 0.1) is 35.3 Å². The van der Waals surface area contributed by atoms with Gasteiger partial charge in [0.15, 0.2) is 0 Å². The molecular weight excluding hydrogens is 469 g/mol. The van der Waals surface area contributed by atoms with Crippen molar-refractivity contribution in [2.75, 3.05) is 26.7 Å². The van der Waals surface area contributed by atoms with Crippen LogP contribution >= 0.6 is 0 Å². The normalized spacial score (nSPS) is 18.9. The molecule has 1 fully saturated rings. The summed E-state index contributed by atoms with van der Waals surface area (Å²) in [6.07, 6.45) is 1.57.